The zero-order valence-corrected chi connectivity index (χ0v) is 13.1. The largest absolute Gasteiger partial charge is 0.388 e. The van der Waals surface area contributed by atoms with E-state index < -0.39 is 6.10 Å². The molecule has 3 heteroatoms. The van der Waals surface area contributed by atoms with Crippen LogP contribution < -0.4 is 0 Å². The number of nitrogens with zero attached hydrogens (tertiary/aromatic N) is 1. The third-order valence-corrected chi connectivity index (χ3v) is 3.20. The lowest BCUT2D eigenvalue weighted by Crippen LogP contribution is -2.33. The fourth-order valence-corrected chi connectivity index (χ4v) is 2.48. The van der Waals surface area contributed by atoms with Crippen molar-refractivity contribution >= 4 is 0 Å². The summed E-state index contributed by atoms with van der Waals surface area (Å²) < 4.78 is 13.1. The SMILES string of the molecule is CC(C)CN(CCC(O)c1cccc(F)c1)CC(C)C. The van der Waals surface area contributed by atoms with E-state index >= 15 is 0 Å². The van der Waals surface area contributed by atoms with E-state index in [2.05, 4.69) is 32.6 Å². The van der Waals surface area contributed by atoms with Crippen LogP contribution in [0, 0.1) is 17.7 Å². The fourth-order valence-electron chi connectivity index (χ4n) is 2.48. The molecule has 1 rings (SSSR count). The van der Waals surface area contributed by atoms with Gasteiger partial charge >= 0.3 is 0 Å². The highest BCUT2D eigenvalue weighted by Crippen LogP contribution is 2.18. The van der Waals surface area contributed by atoms with Crippen molar-refractivity contribution in [1.29, 1.82) is 0 Å². The van der Waals surface area contributed by atoms with E-state index in [1.165, 1.54) is 12.1 Å². The molecule has 0 saturated carbocycles. The minimum absolute atomic E-state index is 0.289. The third kappa shape index (κ3) is 6.49. The number of halogens is 1. The van der Waals surface area contributed by atoms with Crippen molar-refractivity contribution in [3.63, 3.8) is 0 Å². The van der Waals surface area contributed by atoms with E-state index in [1.54, 1.807) is 12.1 Å². The van der Waals surface area contributed by atoms with Crippen molar-refractivity contribution in [3.05, 3.63) is 35.6 Å². The van der Waals surface area contributed by atoms with Gasteiger partial charge in [-0.2, -0.15) is 0 Å². The monoisotopic (exact) mass is 281 g/mol. The van der Waals surface area contributed by atoms with E-state index in [0.717, 1.165) is 19.6 Å². The molecule has 2 nitrogen and oxygen atoms in total. The first kappa shape index (κ1) is 17.1. The normalized spacial score (nSPS) is 13.4. The molecule has 0 saturated heterocycles. The number of hydrogen-bond acceptors (Lipinski definition) is 2. The highest BCUT2D eigenvalue weighted by molar-refractivity contribution is 5.18. The predicted molar refractivity (Wildman–Crippen MR) is 82.1 cm³/mol. The van der Waals surface area contributed by atoms with Crippen LogP contribution in [0.5, 0.6) is 0 Å². The highest BCUT2D eigenvalue weighted by atomic mass is 19.1. The molecule has 0 heterocycles. The van der Waals surface area contributed by atoms with Crippen molar-refractivity contribution in [1.82, 2.24) is 4.90 Å². The zero-order chi connectivity index (χ0) is 15.1. The molecule has 1 aromatic carbocycles. The van der Waals surface area contributed by atoms with Gasteiger partial charge in [0.15, 0.2) is 0 Å². The Morgan fingerprint density at radius 1 is 1.10 bits per heavy atom. The van der Waals surface area contributed by atoms with Gasteiger partial charge in [0, 0.05) is 19.6 Å². The zero-order valence-electron chi connectivity index (χ0n) is 13.1. The van der Waals surface area contributed by atoms with E-state index in [-0.39, 0.29) is 5.82 Å². The molecule has 1 atom stereocenters. The van der Waals surface area contributed by atoms with Crippen LogP contribution in [-0.2, 0) is 0 Å². The second kappa shape index (κ2) is 8.38. The molecule has 0 radical (unpaired) electrons. The summed E-state index contributed by atoms with van der Waals surface area (Å²) in [5.41, 5.74) is 0.666. The lowest BCUT2D eigenvalue weighted by molar-refractivity contribution is 0.131. The van der Waals surface area contributed by atoms with Crippen LogP contribution in [0.15, 0.2) is 24.3 Å². The molecule has 0 amide bonds. The minimum atomic E-state index is -0.590. The van der Waals surface area contributed by atoms with E-state index in [4.69, 9.17) is 0 Å². The first-order valence-corrected chi connectivity index (χ1v) is 7.54. The maximum Gasteiger partial charge on any atom is 0.123 e. The topological polar surface area (TPSA) is 23.5 Å². The van der Waals surface area contributed by atoms with Crippen LogP contribution >= 0.6 is 0 Å². The Labute approximate surface area is 122 Å². The van der Waals surface area contributed by atoms with Gasteiger partial charge in [0.25, 0.3) is 0 Å². The Balaban J connectivity index is 2.53. The van der Waals surface area contributed by atoms with Gasteiger partial charge in [-0.15, -0.1) is 0 Å². The molecule has 0 spiro atoms. The Kier molecular flexibility index (Phi) is 7.17. The van der Waals surface area contributed by atoms with Gasteiger partial charge in [-0.1, -0.05) is 39.8 Å². The fraction of sp³-hybridized carbons (Fsp3) is 0.647. The molecule has 0 aliphatic rings. The smallest absolute Gasteiger partial charge is 0.123 e. The van der Waals surface area contributed by atoms with E-state index in [1.807, 2.05) is 0 Å². The van der Waals surface area contributed by atoms with Crippen LogP contribution in [0.2, 0.25) is 0 Å². The molecule has 0 bridgehead atoms. The number of hydrogen-bond donors (Lipinski definition) is 1. The Morgan fingerprint density at radius 3 is 2.20 bits per heavy atom. The maximum absolute atomic E-state index is 13.1. The summed E-state index contributed by atoms with van der Waals surface area (Å²) in [5.74, 6) is 0.933. The quantitative estimate of drug-likeness (QED) is 0.782. The van der Waals surface area contributed by atoms with E-state index in [0.29, 0.717) is 23.8 Å². The summed E-state index contributed by atoms with van der Waals surface area (Å²) in [5, 5.41) is 10.2. The summed E-state index contributed by atoms with van der Waals surface area (Å²) >= 11 is 0. The molecular weight excluding hydrogens is 253 g/mol. The Morgan fingerprint density at radius 2 is 1.70 bits per heavy atom. The van der Waals surface area contributed by atoms with E-state index in [9.17, 15) is 9.50 Å². The number of benzene rings is 1. The molecule has 20 heavy (non-hydrogen) atoms. The molecule has 0 aromatic heterocycles. The second-order valence-electron chi connectivity index (χ2n) is 6.41. The molecule has 1 aromatic rings. The molecule has 0 aliphatic heterocycles. The lowest BCUT2D eigenvalue weighted by Gasteiger charge is -2.27. The van der Waals surface area contributed by atoms with Crippen molar-refractivity contribution in [3.8, 4) is 0 Å². The van der Waals surface area contributed by atoms with Crippen LogP contribution in [0.25, 0.3) is 0 Å². The average Bonchev–Trinajstić information content (AvgIpc) is 2.34. The van der Waals surface area contributed by atoms with Crippen molar-refractivity contribution < 1.29 is 9.50 Å². The summed E-state index contributed by atoms with van der Waals surface area (Å²) in [4.78, 5) is 2.39. The molecule has 1 unspecified atom stereocenters. The molecule has 1 N–H and O–H groups in total. The van der Waals surface area contributed by atoms with Crippen LogP contribution in [-0.4, -0.2) is 29.6 Å². The average molecular weight is 281 g/mol. The second-order valence-corrected chi connectivity index (χ2v) is 6.41. The van der Waals surface area contributed by atoms with Crippen molar-refractivity contribution in [2.75, 3.05) is 19.6 Å². The summed E-state index contributed by atoms with van der Waals surface area (Å²) in [6.07, 6.45) is 0.0515. The molecule has 0 aliphatic carbocycles. The van der Waals surface area contributed by atoms with Crippen LogP contribution in [0.3, 0.4) is 0 Å². The van der Waals surface area contributed by atoms with Crippen LogP contribution in [0.1, 0.15) is 45.8 Å². The minimum Gasteiger partial charge on any atom is -0.388 e. The number of aliphatic hydroxyl groups is 1. The van der Waals surface area contributed by atoms with Gasteiger partial charge in [-0.3, -0.25) is 0 Å². The van der Waals surface area contributed by atoms with Gasteiger partial charge < -0.3 is 10.0 Å². The summed E-state index contributed by atoms with van der Waals surface area (Å²) in [6.45, 7) is 11.7. The van der Waals surface area contributed by atoms with Crippen LogP contribution in [0.4, 0.5) is 4.39 Å². The molecule has 0 fully saturated rings. The summed E-state index contributed by atoms with van der Waals surface area (Å²) in [7, 11) is 0. The Bertz CT molecular complexity index is 382. The summed E-state index contributed by atoms with van der Waals surface area (Å²) in [6, 6.07) is 6.25. The lowest BCUT2D eigenvalue weighted by atomic mass is 10.1. The Hall–Kier alpha value is -0.930. The maximum atomic E-state index is 13.1. The number of aliphatic hydroxyl groups excluding tert-OH is 1. The van der Waals surface area contributed by atoms with Gasteiger partial charge in [0.1, 0.15) is 5.82 Å². The highest BCUT2D eigenvalue weighted by Gasteiger charge is 2.13. The van der Waals surface area contributed by atoms with Gasteiger partial charge in [0.2, 0.25) is 0 Å². The first-order chi connectivity index (χ1) is 9.38. The number of rotatable bonds is 8. The predicted octanol–water partition coefficient (Wildman–Crippen LogP) is 3.86. The van der Waals surface area contributed by atoms with Gasteiger partial charge in [-0.25, -0.2) is 4.39 Å². The molecule has 114 valence electrons. The standard InChI is InChI=1S/C17H28FNO/c1-13(2)11-19(12-14(3)4)9-8-17(20)15-6-5-7-16(18)10-15/h5-7,10,13-14,17,20H,8-9,11-12H2,1-4H3. The third-order valence-electron chi connectivity index (χ3n) is 3.20. The van der Waals surface area contributed by atoms with Gasteiger partial charge in [0.05, 0.1) is 6.10 Å². The molecular formula is C17H28FNO. The first-order valence-electron chi connectivity index (χ1n) is 7.54. The van der Waals surface area contributed by atoms with Gasteiger partial charge in [-0.05, 0) is 36.0 Å². The van der Waals surface area contributed by atoms with Crippen molar-refractivity contribution in [2.45, 2.75) is 40.2 Å². The van der Waals surface area contributed by atoms with Crippen molar-refractivity contribution in [2.24, 2.45) is 11.8 Å².